The summed E-state index contributed by atoms with van der Waals surface area (Å²) in [6.45, 7) is 0.0806. The Bertz CT molecular complexity index is 743. The van der Waals surface area contributed by atoms with E-state index in [2.05, 4.69) is 15.9 Å². The minimum atomic E-state index is -0.478. The first-order valence-electron chi connectivity index (χ1n) is 5.77. The van der Waals surface area contributed by atoms with Gasteiger partial charge < -0.3 is 4.74 Å². The van der Waals surface area contributed by atoms with Crippen molar-refractivity contribution in [2.45, 2.75) is 6.61 Å². The molecule has 0 spiro atoms. The predicted octanol–water partition coefficient (Wildman–Crippen LogP) is 4.46. The lowest BCUT2D eigenvalue weighted by Crippen LogP contribution is -2.00. The van der Waals surface area contributed by atoms with E-state index < -0.39 is 4.92 Å². The lowest BCUT2D eigenvalue weighted by atomic mass is 10.2. The van der Waals surface area contributed by atoms with Crippen LogP contribution in [-0.2, 0) is 6.61 Å². The number of ether oxygens (including phenoxy) is 1. The maximum Gasteiger partial charge on any atom is 0.283 e. The Morgan fingerprint density at radius 1 is 1.33 bits per heavy atom. The summed E-state index contributed by atoms with van der Waals surface area (Å²) in [4.78, 5) is 10.4. The van der Waals surface area contributed by atoms with Crippen LogP contribution in [0.3, 0.4) is 0 Å². The quantitative estimate of drug-likeness (QED) is 0.590. The van der Waals surface area contributed by atoms with Crippen LogP contribution in [0.5, 0.6) is 5.75 Å². The van der Waals surface area contributed by atoms with Gasteiger partial charge in [-0.1, -0.05) is 29.8 Å². The zero-order chi connectivity index (χ0) is 15.4. The normalized spacial score (nSPS) is 9.95. The molecule has 0 radical (unpaired) electrons. The average Bonchev–Trinajstić information content (AvgIpc) is 2.46. The monoisotopic (exact) mass is 366 g/mol. The molecule has 2 rings (SSSR count). The average molecular weight is 368 g/mol. The van der Waals surface area contributed by atoms with Crippen LogP contribution in [-0.4, -0.2) is 4.92 Å². The van der Waals surface area contributed by atoms with Gasteiger partial charge in [0.15, 0.2) is 0 Å². The van der Waals surface area contributed by atoms with Crippen LogP contribution < -0.4 is 4.74 Å². The van der Waals surface area contributed by atoms with E-state index in [4.69, 9.17) is 21.6 Å². The van der Waals surface area contributed by atoms with Gasteiger partial charge in [0.2, 0.25) is 0 Å². The van der Waals surface area contributed by atoms with Gasteiger partial charge in [-0.3, -0.25) is 10.1 Å². The Morgan fingerprint density at radius 2 is 2.05 bits per heavy atom. The molecule has 0 saturated carbocycles. The van der Waals surface area contributed by atoms with Crippen LogP contribution >= 0.6 is 27.5 Å². The zero-order valence-corrected chi connectivity index (χ0v) is 12.9. The van der Waals surface area contributed by atoms with E-state index in [-0.39, 0.29) is 17.9 Å². The van der Waals surface area contributed by atoms with E-state index in [0.717, 1.165) is 0 Å². The van der Waals surface area contributed by atoms with Crippen LogP contribution in [0.15, 0.2) is 40.9 Å². The van der Waals surface area contributed by atoms with Crippen molar-refractivity contribution in [1.82, 2.24) is 0 Å². The van der Waals surface area contributed by atoms with Gasteiger partial charge in [-0.05, 0) is 28.1 Å². The number of halogens is 2. The molecule has 0 bridgehead atoms. The number of hydrogen-bond acceptors (Lipinski definition) is 4. The van der Waals surface area contributed by atoms with Crippen molar-refractivity contribution >= 4 is 33.2 Å². The third-order valence-corrected chi connectivity index (χ3v) is 3.96. The number of rotatable bonds is 4. The highest BCUT2D eigenvalue weighted by molar-refractivity contribution is 9.10. The summed E-state index contributed by atoms with van der Waals surface area (Å²) in [5.74, 6) is 0.336. The summed E-state index contributed by atoms with van der Waals surface area (Å²) in [6.07, 6.45) is 0. The van der Waals surface area contributed by atoms with Crippen LogP contribution in [0.1, 0.15) is 11.1 Å². The summed E-state index contributed by atoms with van der Waals surface area (Å²) < 4.78 is 5.91. The Balaban J connectivity index is 2.26. The summed E-state index contributed by atoms with van der Waals surface area (Å²) in [5, 5.41) is 20.2. The van der Waals surface area contributed by atoms with Gasteiger partial charge in [0.25, 0.3) is 5.69 Å². The molecule has 0 fully saturated rings. The van der Waals surface area contributed by atoms with Crippen molar-refractivity contribution in [3.63, 3.8) is 0 Å². The van der Waals surface area contributed by atoms with Gasteiger partial charge in [-0.25, -0.2) is 0 Å². The number of nitriles is 1. The first kappa shape index (κ1) is 15.3. The van der Waals surface area contributed by atoms with Crippen LogP contribution in [0.2, 0.25) is 5.02 Å². The summed E-state index contributed by atoms with van der Waals surface area (Å²) >= 11 is 9.10. The van der Waals surface area contributed by atoms with E-state index in [0.29, 0.717) is 20.8 Å². The van der Waals surface area contributed by atoms with Crippen molar-refractivity contribution in [2.24, 2.45) is 0 Å². The standard InChI is InChI=1S/C14H8BrClN2O3/c15-14-9(3-1-5-12(14)18(19)20)8-21-13-6-2-4-11(16)10(13)7-17/h1-6H,8H2. The molecule has 2 aromatic rings. The second-order valence-electron chi connectivity index (χ2n) is 4.02. The van der Waals surface area contributed by atoms with Crippen molar-refractivity contribution < 1.29 is 9.66 Å². The predicted molar refractivity (Wildman–Crippen MR) is 81.3 cm³/mol. The van der Waals surface area contributed by atoms with Crippen molar-refractivity contribution in [2.75, 3.05) is 0 Å². The third-order valence-electron chi connectivity index (χ3n) is 2.73. The van der Waals surface area contributed by atoms with Crippen molar-refractivity contribution in [3.8, 4) is 11.8 Å². The van der Waals surface area contributed by atoms with Gasteiger partial charge in [0, 0.05) is 11.6 Å². The highest BCUT2D eigenvalue weighted by atomic mass is 79.9. The second kappa shape index (κ2) is 6.57. The molecule has 0 unspecified atom stereocenters. The molecule has 7 heteroatoms. The molecule has 0 aromatic heterocycles. The van der Waals surface area contributed by atoms with Gasteiger partial charge >= 0.3 is 0 Å². The number of benzene rings is 2. The molecule has 0 saturated heterocycles. The Kier molecular flexibility index (Phi) is 4.78. The smallest absolute Gasteiger partial charge is 0.283 e. The van der Waals surface area contributed by atoms with E-state index in [9.17, 15) is 10.1 Å². The zero-order valence-electron chi connectivity index (χ0n) is 10.5. The summed E-state index contributed by atoms with van der Waals surface area (Å²) in [5.41, 5.74) is 0.802. The fraction of sp³-hybridized carbons (Fsp3) is 0.0714. The van der Waals surface area contributed by atoms with Gasteiger partial charge in [-0.2, -0.15) is 5.26 Å². The van der Waals surface area contributed by atoms with Gasteiger partial charge in [0.1, 0.15) is 28.5 Å². The molecule has 0 aliphatic heterocycles. The highest BCUT2D eigenvalue weighted by Gasteiger charge is 2.16. The van der Waals surface area contributed by atoms with E-state index >= 15 is 0 Å². The molecule has 0 atom stereocenters. The first-order valence-corrected chi connectivity index (χ1v) is 6.95. The Labute approximate surface area is 134 Å². The fourth-order valence-corrected chi connectivity index (χ4v) is 2.44. The minimum absolute atomic E-state index is 0.0392. The maximum absolute atomic E-state index is 10.9. The van der Waals surface area contributed by atoms with Crippen molar-refractivity contribution in [3.05, 3.63) is 67.1 Å². The summed E-state index contributed by atoms with van der Waals surface area (Å²) in [6, 6.07) is 11.5. The molecule has 0 heterocycles. The lowest BCUT2D eigenvalue weighted by molar-refractivity contribution is -0.385. The molecule has 0 amide bonds. The number of hydrogen-bond donors (Lipinski definition) is 0. The summed E-state index contributed by atoms with van der Waals surface area (Å²) in [7, 11) is 0. The molecule has 0 aliphatic carbocycles. The highest BCUT2D eigenvalue weighted by Crippen LogP contribution is 2.30. The molecule has 5 nitrogen and oxygen atoms in total. The third kappa shape index (κ3) is 3.32. The van der Waals surface area contributed by atoms with E-state index in [1.807, 2.05) is 6.07 Å². The van der Waals surface area contributed by atoms with Gasteiger partial charge in [-0.15, -0.1) is 0 Å². The van der Waals surface area contributed by atoms with Crippen LogP contribution in [0.4, 0.5) is 5.69 Å². The molecule has 106 valence electrons. The second-order valence-corrected chi connectivity index (χ2v) is 5.22. The first-order chi connectivity index (χ1) is 10.0. The number of nitro groups is 1. The van der Waals surface area contributed by atoms with Crippen molar-refractivity contribution in [1.29, 1.82) is 5.26 Å². The largest absolute Gasteiger partial charge is 0.487 e. The number of nitrogens with zero attached hydrogens (tertiary/aromatic N) is 2. The minimum Gasteiger partial charge on any atom is -0.487 e. The van der Waals surface area contributed by atoms with E-state index in [1.165, 1.54) is 6.07 Å². The Hall–Kier alpha value is -2.10. The molecule has 0 aliphatic rings. The maximum atomic E-state index is 10.9. The molecular weight excluding hydrogens is 360 g/mol. The lowest BCUT2D eigenvalue weighted by Gasteiger charge is -2.10. The van der Waals surface area contributed by atoms with Gasteiger partial charge in [0.05, 0.1) is 9.95 Å². The molecule has 21 heavy (non-hydrogen) atoms. The fourth-order valence-electron chi connectivity index (χ4n) is 1.71. The van der Waals surface area contributed by atoms with E-state index in [1.54, 1.807) is 30.3 Å². The SMILES string of the molecule is N#Cc1c(Cl)cccc1OCc1cccc([N+](=O)[O-])c1Br. The topological polar surface area (TPSA) is 76.2 Å². The molecule has 2 aromatic carbocycles. The number of nitro benzene ring substituents is 1. The molecule has 0 N–H and O–H groups in total. The molecular formula is C14H8BrClN2O3. The van der Waals surface area contributed by atoms with Crippen LogP contribution in [0, 0.1) is 21.4 Å². The Morgan fingerprint density at radius 3 is 2.71 bits per heavy atom. The van der Waals surface area contributed by atoms with Crippen LogP contribution in [0.25, 0.3) is 0 Å².